The Morgan fingerprint density at radius 3 is 1.91 bits per heavy atom. The first-order chi connectivity index (χ1) is 28.5. The van der Waals surface area contributed by atoms with Gasteiger partial charge in [0, 0.05) is 67.3 Å². The Morgan fingerprint density at radius 1 is 0.655 bits per heavy atom. The van der Waals surface area contributed by atoms with E-state index in [9.17, 15) is 14.4 Å². The summed E-state index contributed by atoms with van der Waals surface area (Å²) in [7, 11) is 0. The molecule has 2 aliphatic heterocycles. The number of carboxylic acids is 1. The lowest BCUT2D eigenvalue weighted by atomic mass is 10.0. The van der Waals surface area contributed by atoms with Crippen LogP contribution >= 0.6 is 11.3 Å². The molecule has 0 aliphatic carbocycles. The molecular weight excluding hydrogens is 747 g/mol. The fourth-order valence-corrected chi connectivity index (χ4v) is 9.23. The summed E-state index contributed by atoms with van der Waals surface area (Å²) in [5, 5.41) is 12.2. The van der Waals surface area contributed by atoms with Crippen LogP contribution < -0.4 is 14.5 Å². The molecule has 1 saturated heterocycles. The smallest absolute Gasteiger partial charge is 0.307 e. The number of aliphatic carboxylic acids is 1. The van der Waals surface area contributed by atoms with Crippen LogP contribution in [-0.4, -0.2) is 73.9 Å². The standard InChI is InChI=1S/C48H71N3O6S/c52-46-29-27-40-26-28-41(56-36-20-19-31-49-32-34-50(35-33-49)43-22-21-23-45-42(43)30-37-58-45)38-44(40)51(46)39-57-48(55)25-18-16-14-12-10-8-6-4-2-1-3-5-7-9-11-13-15-17-24-47(53)54/h21-23,26,28,30,37-38H,1-20,24-25,27,29,31-36,39H2,(H,53,54). The Kier molecular flexibility index (Phi) is 20.7. The molecule has 0 radical (unpaired) electrons. The molecule has 0 saturated carbocycles. The number of piperazine rings is 1. The molecule has 2 aromatic carbocycles. The van der Waals surface area contributed by atoms with Crippen LogP contribution in [0.4, 0.5) is 11.4 Å². The molecule has 0 unspecified atom stereocenters. The molecular formula is C48H71N3O6S. The summed E-state index contributed by atoms with van der Waals surface area (Å²) < 4.78 is 13.1. The van der Waals surface area contributed by atoms with Crippen molar-refractivity contribution in [2.75, 3.05) is 55.9 Å². The molecule has 5 rings (SSSR count). The Bertz CT molecular complexity index is 1650. The number of anilines is 2. The Labute approximate surface area is 352 Å². The normalized spacial score (nSPS) is 14.6. The van der Waals surface area contributed by atoms with Crippen LogP contribution in [0.5, 0.6) is 5.75 Å². The van der Waals surface area contributed by atoms with E-state index in [1.165, 1.54) is 99.2 Å². The first-order valence-electron chi connectivity index (χ1n) is 22.8. The van der Waals surface area contributed by atoms with Gasteiger partial charge in [0.1, 0.15) is 5.75 Å². The minimum atomic E-state index is -0.675. The Balaban J connectivity index is 0.846. The topological polar surface area (TPSA) is 99.6 Å². The first kappa shape index (κ1) is 45.5. The van der Waals surface area contributed by atoms with E-state index in [-0.39, 0.29) is 18.6 Å². The average molecular weight is 818 g/mol. The van der Waals surface area contributed by atoms with Gasteiger partial charge in [-0.05, 0) is 73.9 Å². The quantitative estimate of drug-likeness (QED) is 0.0524. The van der Waals surface area contributed by atoms with Gasteiger partial charge >= 0.3 is 11.9 Å². The fourth-order valence-electron chi connectivity index (χ4n) is 8.42. The van der Waals surface area contributed by atoms with Crippen molar-refractivity contribution in [1.29, 1.82) is 0 Å². The van der Waals surface area contributed by atoms with Gasteiger partial charge < -0.3 is 19.5 Å². The number of hydrogen-bond donors (Lipinski definition) is 1. The fraction of sp³-hybridized carbons (Fsp3) is 0.646. The summed E-state index contributed by atoms with van der Waals surface area (Å²) >= 11 is 1.81. The van der Waals surface area contributed by atoms with Crippen molar-refractivity contribution in [2.45, 2.75) is 154 Å². The summed E-state index contributed by atoms with van der Waals surface area (Å²) in [6, 6.07) is 14.9. The first-order valence-corrected chi connectivity index (χ1v) is 23.7. The maximum Gasteiger partial charge on any atom is 0.307 e. The summed E-state index contributed by atoms with van der Waals surface area (Å²) in [5.74, 6) is -0.171. The molecule has 2 aliphatic rings. The van der Waals surface area contributed by atoms with Crippen LogP contribution in [0.2, 0.25) is 0 Å². The van der Waals surface area contributed by atoms with Crippen molar-refractivity contribution in [2.24, 2.45) is 0 Å². The number of rotatable bonds is 30. The van der Waals surface area contributed by atoms with Crippen molar-refractivity contribution in [1.82, 2.24) is 4.90 Å². The van der Waals surface area contributed by atoms with Crippen LogP contribution in [0, 0.1) is 0 Å². The highest BCUT2D eigenvalue weighted by Gasteiger charge is 2.26. The molecule has 3 aromatic rings. The van der Waals surface area contributed by atoms with Gasteiger partial charge in [-0.1, -0.05) is 115 Å². The predicted octanol–water partition coefficient (Wildman–Crippen LogP) is 11.5. The van der Waals surface area contributed by atoms with Gasteiger partial charge in [0.05, 0.1) is 12.3 Å². The lowest BCUT2D eigenvalue weighted by molar-refractivity contribution is -0.144. The molecule has 9 nitrogen and oxygen atoms in total. The zero-order valence-corrected chi connectivity index (χ0v) is 36.1. The molecule has 1 fully saturated rings. The van der Waals surface area contributed by atoms with Crippen molar-refractivity contribution >= 4 is 50.6 Å². The van der Waals surface area contributed by atoms with Gasteiger partial charge in [-0.3, -0.25) is 24.2 Å². The molecule has 320 valence electrons. The number of amides is 1. The largest absolute Gasteiger partial charge is 0.494 e. The average Bonchev–Trinajstić information content (AvgIpc) is 3.72. The number of fused-ring (bicyclic) bond motifs is 2. The van der Waals surface area contributed by atoms with Crippen molar-refractivity contribution in [3.8, 4) is 5.75 Å². The monoisotopic (exact) mass is 818 g/mol. The molecule has 1 amide bonds. The maximum absolute atomic E-state index is 12.9. The van der Waals surface area contributed by atoms with Crippen molar-refractivity contribution in [3.63, 3.8) is 0 Å². The second kappa shape index (κ2) is 26.5. The highest BCUT2D eigenvalue weighted by atomic mass is 32.1. The molecule has 1 aromatic heterocycles. The highest BCUT2D eigenvalue weighted by Crippen LogP contribution is 2.33. The van der Waals surface area contributed by atoms with E-state index in [1.807, 2.05) is 29.5 Å². The van der Waals surface area contributed by atoms with Gasteiger partial charge in [-0.25, -0.2) is 0 Å². The van der Waals surface area contributed by atoms with Crippen LogP contribution in [0.25, 0.3) is 10.1 Å². The van der Waals surface area contributed by atoms with E-state index in [0.29, 0.717) is 32.3 Å². The number of hydrogen-bond acceptors (Lipinski definition) is 8. The van der Waals surface area contributed by atoms with Crippen LogP contribution in [0.3, 0.4) is 0 Å². The van der Waals surface area contributed by atoms with Gasteiger partial charge in [-0.15, -0.1) is 11.3 Å². The lowest BCUT2D eigenvalue weighted by Crippen LogP contribution is -2.46. The Morgan fingerprint density at radius 2 is 1.28 bits per heavy atom. The third kappa shape index (κ3) is 16.2. The molecule has 0 bridgehead atoms. The summed E-state index contributed by atoms with van der Waals surface area (Å²) in [6.45, 7) is 5.92. The zero-order chi connectivity index (χ0) is 40.6. The number of nitrogens with zero attached hydrogens (tertiary/aromatic N) is 3. The number of carbonyl (C=O) groups excluding carboxylic acids is 2. The lowest BCUT2D eigenvalue weighted by Gasteiger charge is -2.36. The molecule has 3 heterocycles. The number of aryl methyl sites for hydroxylation is 1. The van der Waals surface area contributed by atoms with Gasteiger partial charge in [0.2, 0.25) is 5.91 Å². The second-order valence-corrected chi connectivity index (χ2v) is 17.5. The maximum atomic E-state index is 12.9. The van der Waals surface area contributed by atoms with E-state index in [0.717, 1.165) is 94.7 Å². The van der Waals surface area contributed by atoms with E-state index < -0.39 is 5.97 Å². The van der Waals surface area contributed by atoms with Gasteiger partial charge in [0.25, 0.3) is 0 Å². The number of carbonyl (C=O) groups is 3. The van der Waals surface area contributed by atoms with Crippen LogP contribution in [-0.2, 0) is 25.5 Å². The van der Waals surface area contributed by atoms with E-state index in [4.69, 9.17) is 14.6 Å². The van der Waals surface area contributed by atoms with E-state index in [2.05, 4.69) is 39.4 Å². The second-order valence-electron chi connectivity index (χ2n) is 16.5. The predicted molar refractivity (Wildman–Crippen MR) is 238 cm³/mol. The molecule has 58 heavy (non-hydrogen) atoms. The van der Waals surface area contributed by atoms with Crippen molar-refractivity contribution in [3.05, 3.63) is 53.4 Å². The summed E-state index contributed by atoms with van der Waals surface area (Å²) in [5.41, 5.74) is 3.25. The summed E-state index contributed by atoms with van der Waals surface area (Å²) in [6.07, 6.45) is 25.6. The number of unbranched alkanes of at least 4 members (excludes halogenated alkanes) is 18. The minimum Gasteiger partial charge on any atom is -0.494 e. The molecule has 1 N–H and O–H groups in total. The van der Waals surface area contributed by atoms with Crippen LogP contribution in [0.1, 0.15) is 153 Å². The number of carboxylic acid groups (broad SMARTS) is 1. The van der Waals surface area contributed by atoms with E-state index >= 15 is 0 Å². The highest BCUT2D eigenvalue weighted by molar-refractivity contribution is 7.17. The van der Waals surface area contributed by atoms with Gasteiger partial charge in [0.15, 0.2) is 6.73 Å². The third-order valence-electron chi connectivity index (χ3n) is 12.0. The number of benzene rings is 2. The van der Waals surface area contributed by atoms with Gasteiger partial charge in [-0.2, -0.15) is 0 Å². The SMILES string of the molecule is O=C(O)CCCCCCCCCCCCCCCCCCCCC(=O)OCN1C(=O)CCc2ccc(OCCCCN3CCN(c4cccc5sccc45)CC3)cc21. The molecule has 0 atom stereocenters. The molecule has 10 heteroatoms. The van der Waals surface area contributed by atoms with E-state index in [1.54, 1.807) is 4.90 Å². The number of thiophene rings is 1. The minimum absolute atomic E-state index is 0.0146. The number of esters is 1. The summed E-state index contributed by atoms with van der Waals surface area (Å²) in [4.78, 5) is 42.7. The molecule has 0 spiro atoms. The van der Waals surface area contributed by atoms with Crippen molar-refractivity contribution < 1.29 is 29.0 Å². The zero-order valence-electron chi connectivity index (χ0n) is 35.3. The van der Waals surface area contributed by atoms with Crippen LogP contribution in [0.15, 0.2) is 47.8 Å². The number of ether oxygens (including phenoxy) is 2. The third-order valence-corrected chi connectivity index (χ3v) is 12.8. The Hall–Kier alpha value is -3.63.